The Kier molecular flexibility index (Phi) is 3.63. The predicted octanol–water partition coefficient (Wildman–Crippen LogP) is 4.11. The third-order valence-corrected chi connectivity index (χ3v) is 4.52. The van der Waals surface area contributed by atoms with Crippen LogP contribution in [-0.4, -0.2) is 13.2 Å². The zero-order chi connectivity index (χ0) is 9.97. The molecule has 1 aliphatic heterocycles. The highest BCUT2D eigenvalue weighted by atomic mass is 79.9. The third kappa shape index (κ3) is 2.38. The van der Waals surface area contributed by atoms with Gasteiger partial charge in [-0.2, -0.15) is 0 Å². The van der Waals surface area contributed by atoms with Gasteiger partial charge in [0.1, 0.15) is 0 Å². The maximum absolute atomic E-state index is 5.35. The van der Waals surface area contributed by atoms with Crippen molar-refractivity contribution in [2.45, 2.75) is 18.8 Å². The van der Waals surface area contributed by atoms with Gasteiger partial charge in [-0.3, -0.25) is 0 Å². The maximum Gasteiger partial charge on any atom is 0.0471 e. The standard InChI is InChI=1S/C11H12Br2O/c12-10-2-1-9(7-11(10)13)8-3-5-14-6-4-8/h1-2,7-8H,3-6H2. The highest BCUT2D eigenvalue weighted by Gasteiger charge is 2.16. The predicted molar refractivity (Wildman–Crippen MR) is 64.6 cm³/mol. The van der Waals surface area contributed by atoms with Gasteiger partial charge in [0.2, 0.25) is 0 Å². The zero-order valence-corrected chi connectivity index (χ0v) is 11.0. The molecule has 0 atom stereocenters. The lowest BCUT2D eigenvalue weighted by atomic mass is 9.92. The van der Waals surface area contributed by atoms with Gasteiger partial charge >= 0.3 is 0 Å². The molecule has 0 amide bonds. The molecule has 2 rings (SSSR count). The first-order valence-corrected chi connectivity index (χ1v) is 6.38. The van der Waals surface area contributed by atoms with Crippen LogP contribution < -0.4 is 0 Å². The Morgan fingerprint density at radius 3 is 2.43 bits per heavy atom. The first-order valence-electron chi connectivity index (χ1n) is 4.80. The van der Waals surface area contributed by atoms with Gasteiger partial charge in [0, 0.05) is 22.2 Å². The summed E-state index contributed by atoms with van der Waals surface area (Å²) >= 11 is 7.02. The fourth-order valence-electron chi connectivity index (χ4n) is 1.80. The molecule has 76 valence electrons. The van der Waals surface area contributed by atoms with Crippen molar-refractivity contribution in [3.05, 3.63) is 32.7 Å². The van der Waals surface area contributed by atoms with Crippen molar-refractivity contribution in [1.82, 2.24) is 0 Å². The molecule has 1 aliphatic rings. The van der Waals surface area contributed by atoms with E-state index in [2.05, 4.69) is 50.1 Å². The number of halogens is 2. The molecule has 0 saturated carbocycles. The summed E-state index contributed by atoms with van der Waals surface area (Å²) in [6.07, 6.45) is 2.29. The molecule has 1 fully saturated rings. The summed E-state index contributed by atoms with van der Waals surface area (Å²) in [6.45, 7) is 1.80. The molecule has 3 heteroatoms. The molecule has 0 bridgehead atoms. The number of hydrogen-bond donors (Lipinski definition) is 0. The van der Waals surface area contributed by atoms with Crippen LogP contribution in [-0.2, 0) is 4.74 Å². The molecule has 0 radical (unpaired) electrons. The van der Waals surface area contributed by atoms with Crippen molar-refractivity contribution in [3.8, 4) is 0 Å². The van der Waals surface area contributed by atoms with E-state index < -0.39 is 0 Å². The molecule has 0 spiro atoms. The number of hydrogen-bond acceptors (Lipinski definition) is 1. The van der Waals surface area contributed by atoms with Crippen molar-refractivity contribution in [3.63, 3.8) is 0 Å². The van der Waals surface area contributed by atoms with Crippen LogP contribution in [0.25, 0.3) is 0 Å². The number of benzene rings is 1. The van der Waals surface area contributed by atoms with E-state index >= 15 is 0 Å². The molecule has 14 heavy (non-hydrogen) atoms. The summed E-state index contributed by atoms with van der Waals surface area (Å²) in [4.78, 5) is 0. The second kappa shape index (κ2) is 4.77. The maximum atomic E-state index is 5.35. The molecule has 0 aromatic heterocycles. The molecule has 1 heterocycles. The summed E-state index contributed by atoms with van der Waals surface area (Å²) in [6, 6.07) is 6.51. The highest BCUT2D eigenvalue weighted by molar-refractivity contribution is 9.13. The van der Waals surface area contributed by atoms with Gasteiger partial charge in [-0.1, -0.05) is 6.07 Å². The Balaban J connectivity index is 2.18. The van der Waals surface area contributed by atoms with Crippen LogP contribution in [0.5, 0.6) is 0 Å². The summed E-state index contributed by atoms with van der Waals surface area (Å²) < 4.78 is 7.61. The second-order valence-electron chi connectivity index (χ2n) is 3.56. The Morgan fingerprint density at radius 2 is 1.79 bits per heavy atom. The van der Waals surface area contributed by atoms with E-state index in [4.69, 9.17) is 4.74 Å². The largest absolute Gasteiger partial charge is 0.381 e. The molecule has 0 unspecified atom stereocenters. The van der Waals surface area contributed by atoms with Crippen LogP contribution in [0.1, 0.15) is 24.3 Å². The topological polar surface area (TPSA) is 9.23 Å². The molecule has 1 saturated heterocycles. The first kappa shape index (κ1) is 10.7. The second-order valence-corrected chi connectivity index (χ2v) is 5.27. The smallest absolute Gasteiger partial charge is 0.0471 e. The SMILES string of the molecule is Brc1ccc(C2CCOCC2)cc1Br. The van der Waals surface area contributed by atoms with Crippen LogP contribution in [0.15, 0.2) is 27.1 Å². The minimum atomic E-state index is 0.674. The van der Waals surface area contributed by atoms with Crippen molar-refractivity contribution in [2.24, 2.45) is 0 Å². The molecule has 1 aromatic rings. The fraction of sp³-hybridized carbons (Fsp3) is 0.455. The van der Waals surface area contributed by atoms with Gasteiger partial charge in [0.25, 0.3) is 0 Å². The lowest BCUT2D eigenvalue weighted by Crippen LogP contribution is -2.13. The van der Waals surface area contributed by atoms with Gasteiger partial charge in [-0.15, -0.1) is 0 Å². The van der Waals surface area contributed by atoms with Gasteiger partial charge in [0.05, 0.1) is 0 Å². The Hall–Kier alpha value is 0.140. The van der Waals surface area contributed by atoms with E-state index in [9.17, 15) is 0 Å². The monoisotopic (exact) mass is 318 g/mol. The number of rotatable bonds is 1. The Morgan fingerprint density at radius 1 is 1.07 bits per heavy atom. The van der Waals surface area contributed by atoms with Crippen molar-refractivity contribution in [2.75, 3.05) is 13.2 Å². The van der Waals surface area contributed by atoms with Gasteiger partial charge < -0.3 is 4.74 Å². The zero-order valence-electron chi connectivity index (χ0n) is 7.80. The Bertz CT molecular complexity index is 319. The highest BCUT2D eigenvalue weighted by Crippen LogP contribution is 2.31. The van der Waals surface area contributed by atoms with Crippen molar-refractivity contribution >= 4 is 31.9 Å². The van der Waals surface area contributed by atoms with Crippen LogP contribution in [0.3, 0.4) is 0 Å². The molecule has 1 aromatic carbocycles. The van der Waals surface area contributed by atoms with E-state index in [1.54, 1.807) is 0 Å². The minimum absolute atomic E-state index is 0.674. The normalized spacial score (nSPS) is 18.4. The Labute approximate surface area is 101 Å². The van der Waals surface area contributed by atoms with Gasteiger partial charge in [-0.05, 0) is 68.3 Å². The lowest BCUT2D eigenvalue weighted by Gasteiger charge is -2.22. The summed E-state index contributed by atoms with van der Waals surface area (Å²) in [5.74, 6) is 0.674. The van der Waals surface area contributed by atoms with Crippen molar-refractivity contribution in [1.29, 1.82) is 0 Å². The molecular formula is C11H12Br2O. The van der Waals surface area contributed by atoms with Crippen LogP contribution in [0.2, 0.25) is 0 Å². The number of ether oxygens (including phenoxy) is 1. The van der Waals surface area contributed by atoms with E-state index in [1.807, 2.05) is 0 Å². The summed E-state index contributed by atoms with van der Waals surface area (Å²) in [5, 5.41) is 0. The van der Waals surface area contributed by atoms with Crippen LogP contribution >= 0.6 is 31.9 Å². The average Bonchev–Trinajstić information content (AvgIpc) is 2.23. The molecular weight excluding hydrogens is 308 g/mol. The minimum Gasteiger partial charge on any atom is -0.381 e. The molecule has 0 N–H and O–H groups in total. The van der Waals surface area contributed by atoms with Crippen molar-refractivity contribution < 1.29 is 4.74 Å². The summed E-state index contributed by atoms with van der Waals surface area (Å²) in [7, 11) is 0. The van der Waals surface area contributed by atoms with E-state index in [1.165, 1.54) is 5.56 Å². The first-order chi connectivity index (χ1) is 6.77. The lowest BCUT2D eigenvalue weighted by molar-refractivity contribution is 0.0853. The van der Waals surface area contributed by atoms with E-state index in [-0.39, 0.29) is 0 Å². The third-order valence-electron chi connectivity index (χ3n) is 2.64. The van der Waals surface area contributed by atoms with Gasteiger partial charge in [0.15, 0.2) is 0 Å². The van der Waals surface area contributed by atoms with E-state index in [0.29, 0.717) is 5.92 Å². The van der Waals surface area contributed by atoms with E-state index in [0.717, 1.165) is 35.0 Å². The molecule has 0 aliphatic carbocycles. The molecule has 1 nitrogen and oxygen atoms in total. The fourth-order valence-corrected chi connectivity index (χ4v) is 2.44. The van der Waals surface area contributed by atoms with Crippen LogP contribution in [0.4, 0.5) is 0 Å². The van der Waals surface area contributed by atoms with Crippen LogP contribution in [0, 0.1) is 0 Å². The average molecular weight is 320 g/mol. The summed E-state index contributed by atoms with van der Waals surface area (Å²) in [5.41, 5.74) is 1.42. The quantitative estimate of drug-likeness (QED) is 0.757. The van der Waals surface area contributed by atoms with Gasteiger partial charge in [-0.25, -0.2) is 0 Å².